The van der Waals surface area contributed by atoms with Gasteiger partial charge < -0.3 is 19.3 Å². The summed E-state index contributed by atoms with van der Waals surface area (Å²) in [6.45, 7) is 12.3. The van der Waals surface area contributed by atoms with Gasteiger partial charge in [0.1, 0.15) is 11.5 Å². The van der Waals surface area contributed by atoms with Crippen LogP contribution in [0.25, 0.3) is 5.76 Å². The normalized spacial score (nSPS) is 16.8. The lowest BCUT2D eigenvalue weighted by molar-refractivity contribution is -0.132. The van der Waals surface area contributed by atoms with Gasteiger partial charge >= 0.3 is 0 Å². The van der Waals surface area contributed by atoms with Crippen LogP contribution in [-0.4, -0.2) is 37.6 Å². The first-order chi connectivity index (χ1) is 18.9. The van der Waals surface area contributed by atoms with Gasteiger partial charge in [-0.2, -0.15) is 0 Å². The first-order valence-electron chi connectivity index (χ1n) is 13.3. The van der Waals surface area contributed by atoms with Gasteiger partial charge in [0.15, 0.2) is 11.5 Å². The van der Waals surface area contributed by atoms with Crippen LogP contribution < -0.4 is 19.1 Å². The van der Waals surface area contributed by atoms with Crippen molar-refractivity contribution in [1.82, 2.24) is 0 Å². The van der Waals surface area contributed by atoms with Crippen molar-refractivity contribution in [3.05, 3.63) is 88.0 Å². The SMILES string of the molecule is CCOc1cc(C2/C(=C(\O)c3ccc(OC)c(C(C)(C)C)c3)C(=O)C(=O)N2c2ccc(C)cc2C)ccc1OC. The molecule has 210 valence electrons. The van der Waals surface area contributed by atoms with Crippen LogP contribution in [0.3, 0.4) is 0 Å². The first-order valence-corrected chi connectivity index (χ1v) is 13.3. The number of rotatable bonds is 7. The summed E-state index contributed by atoms with van der Waals surface area (Å²) in [6, 6.07) is 15.4. The van der Waals surface area contributed by atoms with Crippen molar-refractivity contribution in [3.8, 4) is 17.2 Å². The second kappa shape index (κ2) is 11.1. The lowest BCUT2D eigenvalue weighted by Crippen LogP contribution is -2.30. The molecule has 0 aliphatic carbocycles. The fourth-order valence-corrected chi connectivity index (χ4v) is 5.20. The van der Waals surface area contributed by atoms with E-state index in [1.807, 2.05) is 65.8 Å². The zero-order valence-electron chi connectivity index (χ0n) is 24.4. The Kier molecular flexibility index (Phi) is 7.96. The third-order valence-electron chi connectivity index (χ3n) is 7.14. The van der Waals surface area contributed by atoms with Crippen molar-refractivity contribution in [2.45, 2.75) is 53.0 Å². The Morgan fingerprint density at radius 1 is 0.900 bits per heavy atom. The lowest BCUT2D eigenvalue weighted by Gasteiger charge is -2.28. The number of hydrogen-bond donors (Lipinski definition) is 1. The molecule has 1 fully saturated rings. The molecular formula is C33H37NO6. The summed E-state index contributed by atoms with van der Waals surface area (Å²) in [7, 11) is 3.15. The van der Waals surface area contributed by atoms with Crippen LogP contribution in [0.15, 0.2) is 60.2 Å². The first kappa shape index (κ1) is 28.7. The summed E-state index contributed by atoms with van der Waals surface area (Å²) in [6.07, 6.45) is 0. The number of hydrogen-bond acceptors (Lipinski definition) is 6. The molecule has 3 aromatic rings. The fourth-order valence-electron chi connectivity index (χ4n) is 5.20. The molecule has 0 bridgehead atoms. The standard InChI is InChI=1S/C33H37NO6/c1-9-40-27-18-21(11-15-26(27)39-8)29-28(30(35)22-12-14-25(38-7)23(17-22)33(4,5)6)31(36)32(37)34(29)24-13-10-19(2)16-20(24)3/h10-18,29,35H,9H2,1-8H3/b30-28+. The topological polar surface area (TPSA) is 85.3 Å². The van der Waals surface area contributed by atoms with E-state index in [9.17, 15) is 14.7 Å². The smallest absolute Gasteiger partial charge is 0.300 e. The van der Waals surface area contributed by atoms with E-state index in [4.69, 9.17) is 14.2 Å². The minimum atomic E-state index is -0.897. The van der Waals surface area contributed by atoms with Crippen LogP contribution in [0.5, 0.6) is 17.2 Å². The van der Waals surface area contributed by atoms with Gasteiger partial charge in [-0.3, -0.25) is 14.5 Å². The fraction of sp³-hybridized carbons (Fsp3) is 0.333. The average Bonchev–Trinajstić information content (AvgIpc) is 3.17. The summed E-state index contributed by atoms with van der Waals surface area (Å²) in [5.41, 5.74) is 4.06. The molecule has 0 spiro atoms. The highest BCUT2D eigenvalue weighted by Crippen LogP contribution is 2.45. The van der Waals surface area contributed by atoms with E-state index in [-0.39, 0.29) is 16.7 Å². The summed E-state index contributed by atoms with van der Waals surface area (Å²) < 4.78 is 16.8. The number of ketones is 1. The molecule has 7 nitrogen and oxygen atoms in total. The van der Waals surface area contributed by atoms with E-state index in [0.29, 0.717) is 40.7 Å². The molecule has 1 saturated heterocycles. The number of aryl methyl sites for hydroxylation is 2. The number of carbonyl (C=O) groups excluding carboxylic acids is 2. The highest BCUT2D eigenvalue weighted by molar-refractivity contribution is 6.51. The zero-order chi connectivity index (χ0) is 29.4. The number of aliphatic hydroxyl groups is 1. The number of anilines is 1. The summed E-state index contributed by atoms with van der Waals surface area (Å²) in [4.78, 5) is 28.9. The lowest BCUT2D eigenvalue weighted by atomic mass is 9.84. The van der Waals surface area contributed by atoms with Crippen LogP contribution >= 0.6 is 0 Å². The van der Waals surface area contributed by atoms with Gasteiger partial charge in [-0.1, -0.05) is 44.5 Å². The van der Waals surface area contributed by atoms with Crippen molar-refractivity contribution in [3.63, 3.8) is 0 Å². The molecule has 1 aliphatic rings. The molecule has 3 aromatic carbocycles. The van der Waals surface area contributed by atoms with Crippen LogP contribution in [0.2, 0.25) is 0 Å². The van der Waals surface area contributed by atoms with Crippen LogP contribution in [0, 0.1) is 13.8 Å². The van der Waals surface area contributed by atoms with Crippen LogP contribution in [0.4, 0.5) is 5.69 Å². The maximum absolute atomic E-state index is 13.7. The Labute approximate surface area is 236 Å². The monoisotopic (exact) mass is 543 g/mol. The van der Waals surface area contributed by atoms with Crippen molar-refractivity contribution >= 4 is 23.1 Å². The molecule has 7 heteroatoms. The molecule has 1 aliphatic heterocycles. The molecule has 0 radical (unpaired) electrons. The average molecular weight is 544 g/mol. The Morgan fingerprint density at radius 2 is 1.57 bits per heavy atom. The van der Waals surface area contributed by atoms with E-state index < -0.39 is 17.7 Å². The minimum Gasteiger partial charge on any atom is -0.507 e. The number of Topliss-reactive ketones (excluding diaryl/α,β-unsaturated/α-hetero) is 1. The van der Waals surface area contributed by atoms with Crippen LogP contribution in [-0.2, 0) is 15.0 Å². The maximum atomic E-state index is 13.7. The van der Waals surface area contributed by atoms with Gasteiger partial charge in [-0.15, -0.1) is 0 Å². The largest absolute Gasteiger partial charge is 0.507 e. The van der Waals surface area contributed by atoms with Gasteiger partial charge in [0.05, 0.1) is 32.4 Å². The Bertz CT molecular complexity index is 1500. The molecular weight excluding hydrogens is 506 g/mol. The molecule has 4 rings (SSSR count). The van der Waals surface area contributed by atoms with E-state index >= 15 is 0 Å². The van der Waals surface area contributed by atoms with E-state index in [1.165, 1.54) is 4.90 Å². The summed E-state index contributed by atoms with van der Waals surface area (Å²) >= 11 is 0. The number of ether oxygens (including phenoxy) is 3. The molecule has 1 unspecified atom stereocenters. The van der Waals surface area contributed by atoms with Gasteiger partial charge in [-0.25, -0.2) is 0 Å². The van der Waals surface area contributed by atoms with E-state index in [2.05, 4.69) is 0 Å². The van der Waals surface area contributed by atoms with Crippen LogP contribution in [0.1, 0.15) is 61.6 Å². The minimum absolute atomic E-state index is 0.00242. The molecule has 0 aromatic heterocycles. The second-order valence-corrected chi connectivity index (χ2v) is 11.0. The predicted octanol–water partition coefficient (Wildman–Crippen LogP) is 6.64. The predicted molar refractivity (Wildman–Crippen MR) is 157 cm³/mol. The van der Waals surface area contributed by atoms with Crippen molar-refractivity contribution in [2.24, 2.45) is 0 Å². The van der Waals surface area contributed by atoms with Gasteiger partial charge in [0.25, 0.3) is 11.7 Å². The summed E-state index contributed by atoms with van der Waals surface area (Å²) in [5.74, 6) is -0.0428. The van der Waals surface area contributed by atoms with Crippen molar-refractivity contribution < 1.29 is 28.9 Å². The Morgan fingerprint density at radius 3 is 2.17 bits per heavy atom. The van der Waals surface area contributed by atoms with Crippen molar-refractivity contribution in [1.29, 1.82) is 0 Å². The molecule has 1 atom stereocenters. The number of nitrogens with zero attached hydrogens (tertiary/aromatic N) is 1. The van der Waals surface area contributed by atoms with E-state index in [1.54, 1.807) is 44.6 Å². The van der Waals surface area contributed by atoms with Gasteiger partial charge in [0, 0.05) is 16.8 Å². The number of benzene rings is 3. The van der Waals surface area contributed by atoms with E-state index in [0.717, 1.165) is 16.7 Å². The van der Waals surface area contributed by atoms with Gasteiger partial charge in [0.2, 0.25) is 0 Å². The molecule has 40 heavy (non-hydrogen) atoms. The van der Waals surface area contributed by atoms with Gasteiger partial charge in [-0.05, 0) is 73.7 Å². The highest BCUT2D eigenvalue weighted by atomic mass is 16.5. The molecule has 1 N–H and O–H groups in total. The Balaban J connectivity index is 2.01. The molecule has 1 heterocycles. The van der Waals surface area contributed by atoms with Crippen molar-refractivity contribution in [2.75, 3.05) is 25.7 Å². The molecule has 0 saturated carbocycles. The third kappa shape index (κ3) is 5.16. The third-order valence-corrected chi connectivity index (χ3v) is 7.14. The Hall–Kier alpha value is -4.26. The maximum Gasteiger partial charge on any atom is 0.300 e. The number of amides is 1. The zero-order valence-corrected chi connectivity index (χ0v) is 24.4. The highest BCUT2D eigenvalue weighted by Gasteiger charge is 2.47. The molecule has 1 amide bonds. The second-order valence-electron chi connectivity index (χ2n) is 11.0. The quantitative estimate of drug-likeness (QED) is 0.204. The number of aliphatic hydroxyl groups excluding tert-OH is 1. The number of methoxy groups -OCH3 is 2. The summed E-state index contributed by atoms with van der Waals surface area (Å²) in [5, 5.41) is 11.7. The number of carbonyl (C=O) groups is 2.